The molecule has 4 nitrogen and oxygen atoms in total. The summed E-state index contributed by atoms with van der Waals surface area (Å²) in [4.78, 5) is 4.70. The van der Waals surface area contributed by atoms with Crippen LogP contribution in [0.3, 0.4) is 0 Å². The molecule has 0 N–H and O–H groups in total. The second-order valence-corrected chi connectivity index (χ2v) is 16.1. The number of rotatable bonds is 6. The van der Waals surface area contributed by atoms with E-state index in [9.17, 15) is 0 Å². The van der Waals surface area contributed by atoms with Gasteiger partial charge in [0.15, 0.2) is 0 Å². The minimum Gasteiger partial charge on any atom is -0.456 e. The summed E-state index contributed by atoms with van der Waals surface area (Å²) in [5, 5.41) is 9.07. The van der Waals surface area contributed by atoms with Gasteiger partial charge in [0.25, 0.3) is 0 Å². The first-order valence-electron chi connectivity index (χ1n) is 20.3. The Morgan fingerprint density at radius 1 is 0.339 bits per heavy atom. The Bertz CT molecular complexity index is 3250. The quantitative estimate of drug-likeness (QED) is 0.169. The van der Waals surface area contributed by atoms with Gasteiger partial charge in [0.05, 0.1) is 0 Å². The number of para-hydroxylation sites is 2. The molecule has 0 bridgehead atoms. The van der Waals surface area contributed by atoms with Crippen LogP contribution >= 0.6 is 0 Å². The summed E-state index contributed by atoms with van der Waals surface area (Å²) in [5.74, 6) is 0. The highest BCUT2D eigenvalue weighted by molar-refractivity contribution is 6.21. The van der Waals surface area contributed by atoms with Crippen molar-refractivity contribution in [3.05, 3.63) is 192 Å². The first kappa shape index (κ1) is 34.9. The van der Waals surface area contributed by atoms with Gasteiger partial charge in [-0.1, -0.05) is 72.8 Å². The normalized spacial score (nSPS) is 11.8. The van der Waals surface area contributed by atoms with Gasteiger partial charge < -0.3 is 18.6 Å². The summed E-state index contributed by atoms with van der Waals surface area (Å²) in [6.45, 7) is 10.8. The monoisotopic (exact) mass is 762 g/mol. The van der Waals surface area contributed by atoms with Crippen LogP contribution in [0.15, 0.2) is 173 Å². The smallest absolute Gasteiger partial charge is 0.139 e. The van der Waals surface area contributed by atoms with E-state index in [0.29, 0.717) is 0 Å². The molecular weight excluding hydrogens is 721 g/mol. The lowest BCUT2D eigenvalue weighted by molar-refractivity contribution is 0.656. The highest BCUT2D eigenvalue weighted by Gasteiger charge is 2.21. The molecular formula is C55H42N2O2. The van der Waals surface area contributed by atoms with Crippen molar-refractivity contribution in [1.29, 1.82) is 0 Å². The molecule has 284 valence electrons. The van der Waals surface area contributed by atoms with Gasteiger partial charge >= 0.3 is 0 Å². The number of benzene rings is 9. The maximum absolute atomic E-state index is 6.69. The number of anilines is 6. The van der Waals surface area contributed by atoms with Crippen LogP contribution in [0.1, 0.15) is 27.8 Å². The van der Waals surface area contributed by atoms with Crippen molar-refractivity contribution in [3.8, 4) is 0 Å². The molecule has 59 heavy (non-hydrogen) atoms. The van der Waals surface area contributed by atoms with Crippen LogP contribution in [0.25, 0.3) is 65.4 Å². The van der Waals surface area contributed by atoms with Gasteiger partial charge in [-0.15, -0.1) is 0 Å². The predicted octanol–water partition coefficient (Wildman–Crippen LogP) is 16.3. The van der Waals surface area contributed by atoms with E-state index in [1.165, 1.54) is 33.0 Å². The third kappa shape index (κ3) is 5.74. The standard InChI is InChI=1S/C55H42N2O2/c1-33-12-10-16-42(24-33)56(48-18-8-6-14-35(48)3)44-22-20-38-28-46-50(30-40(38)26-44)58-52-32-53-55(37(5)54(46)52)47-29-39-21-23-45(27-41(39)31-51(47)59-53)57(43-17-11-13-34(2)25-43)49-19-9-7-15-36(49)4/h6-32H,1-5H3. The molecule has 11 aromatic rings. The Morgan fingerprint density at radius 2 is 0.780 bits per heavy atom. The Morgan fingerprint density at radius 3 is 1.22 bits per heavy atom. The van der Waals surface area contributed by atoms with E-state index in [-0.39, 0.29) is 0 Å². The Balaban J connectivity index is 1.03. The van der Waals surface area contributed by atoms with Crippen molar-refractivity contribution in [3.63, 3.8) is 0 Å². The molecule has 9 aromatic carbocycles. The summed E-state index contributed by atoms with van der Waals surface area (Å²) in [6.07, 6.45) is 0. The summed E-state index contributed by atoms with van der Waals surface area (Å²) >= 11 is 0. The topological polar surface area (TPSA) is 32.8 Å². The van der Waals surface area contributed by atoms with E-state index >= 15 is 0 Å². The van der Waals surface area contributed by atoms with Gasteiger partial charge in [-0.2, -0.15) is 0 Å². The lowest BCUT2D eigenvalue weighted by atomic mass is 9.98. The zero-order valence-electron chi connectivity index (χ0n) is 33.8. The Labute approximate surface area is 343 Å². The zero-order valence-corrected chi connectivity index (χ0v) is 33.8. The molecule has 0 amide bonds. The minimum absolute atomic E-state index is 0.833. The third-order valence-corrected chi connectivity index (χ3v) is 12.1. The van der Waals surface area contributed by atoms with Crippen LogP contribution in [-0.4, -0.2) is 0 Å². The molecule has 2 aromatic heterocycles. The van der Waals surface area contributed by atoms with Crippen molar-refractivity contribution < 1.29 is 8.83 Å². The third-order valence-electron chi connectivity index (χ3n) is 12.1. The average molecular weight is 763 g/mol. The van der Waals surface area contributed by atoms with Crippen molar-refractivity contribution >= 4 is 99.5 Å². The fraction of sp³-hybridized carbons (Fsp3) is 0.0909. The van der Waals surface area contributed by atoms with Crippen LogP contribution < -0.4 is 9.80 Å². The molecule has 0 saturated carbocycles. The van der Waals surface area contributed by atoms with Crippen molar-refractivity contribution in [2.24, 2.45) is 0 Å². The van der Waals surface area contributed by atoms with Gasteiger partial charge in [0.2, 0.25) is 0 Å². The van der Waals surface area contributed by atoms with Crippen LogP contribution in [0.5, 0.6) is 0 Å². The van der Waals surface area contributed by atoms with E-state index in [1.807, 2.05) is 0 Å². The van der Waals surface area contributed by atoms with E-state index in [2.05, 4.69) is 208 Å². The number of aryl methyl sites for hydroxylation is 5. The van der Waals surface area contributed by atoms with E-state index in [1.54, 1.807) is 0 Å². The van der Waals surface area contributed by atoms with Crippen LogP contribution in [0.4, 0.5) is 34.1 Å². The molecule has 0 unspecified atom stereocenters. The van der Waals surface area contributed by atoms with Crippen molar-refractivity contribution in [1.82, 2.24) is 0 Å². The molecule has 0 aliphatic heterocycles. The second-order valence-electron chi connectivity index (χ2n) is 16.1. The summed E-state index contributed by atoms with van der Waals surface area (Å²) in [6, 6.07) is 59.1. The molecule has 0 saturated heterocycles. The van der Waals surface area contributed by atoms with Crippen molar-refractivity contribution in [2.75, 3.05) is 9.80 Å². The summed E-state index contributed by atoms with van der Waals surface area (Å²) < 4.78 is 13.4. The minimum atomic E-state index is 0.833. The van der Waals surface area contributed by atoms with E-state index < -0.39 is 0 Å². The van der Waals surface area contributed by atoms with Gasteiger partial charge in [0.1, 0.15) is 22.3 Å². The van der Waals surface area contributed by atoms with Gasteiger partial charge in [-0.05, 0) is 169 Å². The molecule has 0 fully saturated rings. The fourth-order valence-electron chi connectivity index (χ4n) is 9.21. The van der Waals surface area contributed by atoms with Gasteiger partial charge in [-0.25, -0.2) is 0 Å². The summed E-state index contributed by atoms with van der Waals surface area (Å²) in [5.41, 5.74) is 16.2. The van der Waals surface area contributed by atoms with Crippen molar-refractivity contribution in [2.45, 2.75) is 34.6 Å². The summed E-state index contributed by atoms with van der Waals surface area (Å²) in [7, 11) is 0. The second kappa shape index (κ2) is 13.4. The first-order chi connectivity index (χ1) is 28.8. The maximum Gasteiger partial charge on any atom is 0.139 e. The molecule has 11 rings (SSSR count). The molecule has 4 heteroatoms. The number of furan rings is 2. The molecule has 0 aliphatic carbocycles. The number of hydrogen-bond acceptors (Lipinski definition) is 4. The zero-order chi connectivity index (χ0) is 39.9. The lowest BCUT2D eigenvalue weighted by Gasteiger charge is -2.27. The largest absolute Gasteiger partial charge is 0.456 e. The number of fused-ring (bicyclic) bond motifs is 8. The highest BCUT2D eigenvalue weighted by atomic mass is 16.3. The molecule has 2 heterocycles. The van der Waals surface area contributed by atoms with E-state index in [4.69, 9.17) is 8.83 Å². The first-order valence-corrected chi connectivity index (χ1v) is 20.3. The molecule has 0 spiro atoms. The molecule has 0 radical (unpaired) electrons. The van der Waals surface area contributed by atoms with E-state index in [0.717, 1.165) is 94.3 Å². The highest BCUT2D eigenvalue weighted by Crippen LogP contribution is 2.45. The Hall–Kier alpha value is -7.30. The van der Waals surface area contributed by atoms with Crippen LogP contribution in [-0.2, 0) is 0 Å². The number of nitrogens with zero attached hydrogens (tertiary/aromatic N) is 2. The predicted molar refractivity (Wildman–Crippen MR) is 249 cm³/mol. The van der Waals surface area contributed by atoms with Gasteiger partial charge in [0, 0.05) is 61.7 Å². The SMILES string of the molecule is Cc1cccc(N(c2ccc3cc4c(cc3c2)oc2cc3oc5cc6cc(N(c7cccc(C)c7)c7ccccc7C)ccc6cc5c3c(C)c24)c2ccccc2C)c1. The maximum atomic E-state index is 6.69. The molecule has 0 aliphatic rings. The van der Waals surface area contributed by atoms with Crippen LogP contribution in [0, 0.1) is 34.6 Å². The van der Waals surface area contributed by atoms with Crippen LogP contribution in [0.2, 0.25) is 0 Å². The Kier molecular flexibility index (Phi) is 7.92. The average Bonchev–Trinajstić information content (AvgIpc) is 3.77. The molecule has 0 atom stereocenters. The lowest BCUT2D eigenvalue weighted by Crippen LogP contribution is -2.11. The van der Waals surface area contributed by atoms with Gasteiger partial charge in [-0.3, -0.25) is 0 Å². The fourth-order valence-corrected chi connectivity index (χ4v) is 9.21. The number of hydrogen-bond donors (Lipinski definition) is 0.